The topological polar surface area (TPSA) is 17.1 Å². The molecule has 1 atom stereocenters. The number of ketones is 1. The van der Waals surface area contributed by atoms with Crippen molar-refractivity contribution in [1.29, 1.82) is 0 Å². The minimum absolute atomic E-state index is 0.195. The maximum atomic E-state index is 12.2. The Morgan fingerprint density at radius 2 is 1.82 bits per heavy atom. The van der Waals surface area contributed by atoms with E-state index in [0.29, 0.717) is 0 Å². The molecule has 0 saturated heterocycles. The van der Waals surface area contributed by atoms with E-state index in [4.69, 9.17) is 0 Å². The van der Waals surface area contributed by atoms with Gasteiger partial charge in [0.1, 0.15) is 0 Å². The van der Waals surface area contributed by atoms with Crippen LogP contribution in [0, 0.1) is 0 Å². The van der Waals surface area contributed by atoms with Crippen molar-refractivity contribution in [3.8, 4) is 0 Å². The Morgan fingerprint density at radius 1 is 1.27 bits per heavy atom. The standard InChI is InChI=1S/C6H8F4O/c7-3-1-2-4(8)5(11)6(9)10/h4,6H,1-3H2. The summed E-state index contributed by atoms with van der Waals surface area (Å²) in [4.78, 5) is 10.1. The Labute approximate surface area is 61.4 Å². The highest BCUT2D eigenvalue weighted by Gasteiger charge is 2.25. The van der Waals surface area contributed by atoms with Crippen LogP contribution in [-0.4, -0.2) is 25.1 Å². The maximum absolute atomic E-state index is 12.2. The van der Waals surface area contributed by atoms with Crippen molar-refractivity contribution in [3.05, 3.63) is 0 Å². The van der Waals surface area contributed by atoms with Gasteiger partial charge in [-0.3, -0.25) is 9.18 Å². The minimum atomic E-state index is -3.29. The van der Waals surface area contributed by atoms with Crippen LogP contribution in [0.3, 0.4) is 0 Å². The lowest BCUT2D eigenvalue weighted by Gasteiger charge is -2.03. The van der Waals surface area contributed by atoms with Gasteiger partial charge in [-0.2, -0.15) is 0 Å². The van der Waals surface area contributed by atoms with Gasteiger partial charge in [-0.1, -0.05) is 0 Å². The summed E-state index contributed by atoms with van der Waals surface area (Å²) in [6, 6.07) is 0. The molecule has 1 nitrogen and oxygen atoms in total. The van der Waals surface area contributed by atoms with Crippen LogP contribution in [0.5, 0.6) is 0 Å². The zero-order valence-corrected chi connectivity index (χ0v) is 5.70. The van der Waals surface area contributed by atoms with E-state index in [1.807, 2.05) is 0 Å². The van der Waals surface area contributed by atoms with Crippen LogP contribution < -0.4 is 0 Å². The third-order valence-corrected chi connectivity index (χ3v) is 1.11. The summed E-state index contributed by atoms with van der Waals surface area (Å²) in [5.74, 6) is -1.75. The molecule has 0 aromatic carbocycles. The summed E-state index contributed by atoms with van der Waals surface area (Å²) < 4.78 is 46.4. The summed E-state index contributed by atoms with van der Waals surface area (Å²) in [6.07, 6.45) is -6.16. The first-order valence-corrected chi connectivity index (χ1v) is 3.11. The third kappa shape index (κ3) is 3.95. The smallest absolute Gasteiger partial charge is 0.290 e. The van der Waals surface area contributed by atoms with Gasteiger partial charge in [0.2, 0.25) is 5.78 Å². The number of carbonyl (C=O) groups is 1. The molecule has 0 fully saturated rings. The highest BCUT2D eigenvalue weighted by molar-refractivity contribution is 5.85. The van der Waals surface area contributed by atoms with Crippen molar-refractivity contribution in [3.63, 3.8) is 0 Å². The number of carbonyl (C=O) groups excluding carboxylic acids is 1. The van der Waals surface area contributed by atoms with Gasteiger partial charge >= 0.3 is 0 Å². The van der Waals surface area contributed by atoms with Crippen molar-refractivity contribution < 1.29 is 22.4 Å². The van der Waals surface area contributed by atoms with Crippen molar-refractivity contribution in [1.82, 2.24) is 0 Å². The predicted octanol–water partition coefficient (Wildman–Crippen LogP) is 1.91. The van der Waals surface area contributed by atoms with Crippen molar-refractivity contribution in [2.75, 3.05) is 6.67 Å². The van der Waals surface area contributed by atoms with E-state index >= 15 is 0 Å². The summed E-state index contributed by atoms with van der Waals surface area (Å²) in [5, 5.41) is 0. The van der Waals surface area contributed by atoms with Gasteiger partial charge in [0.25, 0.3) is 6.43 Å². The van der Waals surface area contributed by atoms with Crippen LogP contribution in [0.2, 0.25) is 0 Å². The number of hydrogen-bond donors (Lipinski definition) is 0. The van der Waals surface area contributed by atoms with Crippen molar-refractivity contribution in [2.24, 2.45) is 0 Å². The Bertz CT molecular complexity index is 126. The van der Waals surface area contributed by atoms with Crippen molar-refractivity contribution in [2.45, 2.75) is 25.4 Å². The van der Waals surface area contributed by atoms with Gasteiger partial charge in [0.15, 0.2) is 6.17 Å². The van der Waals surface area contributed by atoms with Crippen molar-refractivity contribution >= 4 is 5.78 Å². The van der Waals surface area contributed by atoms with Crippen LogP contribution in [0.15, 0.2) is 0 Å². The molecular formula is C6H8F4O. The average Bonchev–Trinajstić information content (AvgIpc) is 1.98. The lowest BCUT2D eigenvalue weighted by Crippen LogP contribution is -2.23. The van der Waals surface area contributed by atoms with Gasteiger partial charge in [0, 0.05) is 0 Å². The lowest BCUT2D eigenvalue weighted by atomic mass is 10.1. The molecule has 0 bridgehead atoms. The van der Waals surface area contributed by atoms with Gasteiger partial charge in [-0.25, -0.2) is 13.2 Å². The van der Waals surface area contributed by atoms with E-state index in [-0.39, 0.29) is 6.42 Å². The minimum Gasteiger partial charge on any atom is -0.290 e. The first kappa shape index (κ1) is 10.4. The largest absolute Gasteiger partial charge is 0.298 e. The van der Waals surface area contributed by atoms with Gasteiger partial charge in [-0.15, -0.1) is 0 Å². The Morgan fingerprint density at radius 3 is 2.18 bits per heavy atom. The summed E-state index contributed by atoms with van der Waals surface area (Å²) >= 11 is 0. The van der Waals surface area contributed by atoms with Gasteiger partial charge in [0.05, 0.1) is 6.67 Å². The Hall–Kier alpha value is -0.610. The molecule has 0 aliphatic rings. The fourth-order valence-corrected chi connectivity index (χ4v) is 0.535. The first-order chi connectivity index (χ1) is 5.09. The van der Waals surface area contributed by atoms with E-state index in [2.05, 4.69) is 0 Å². The molecule has 66 valence electrons. The molecular weight excluding hydrogens is 164 g/mol. The van der Waals surface area contributed by atoms with Gasteiger partial charge in [-0.05, 0) is 12.8 Å². The number of Topliss-reactive ketones (excluding diaryl/α,β-unsaturated/α-hetero) is 1. The summed E-state index contributed by atoms with van der Waals surface area (Å²) in [5.41, 5.74) is 0. The quantitative estimate of drug-likeness (QED) is 0.579. The number of hydrogen-bond acceptors (Lipinski definition) is 1. The van der Waals surface area contributed by atoms with Crippen LogP contribution in [0.1, 0.15) is 12.8 Å². The highest BCUT2D eigenvalue weighted by atomic mass is 19.3. The molecule has 0 aliphatic carbocycles. The van der Waals surface area contributed by atoms with Gasteiger partial charge < -0.3 is 0 Å². The van der Waals surface area contributed by atoms with E-state index in [1.54, 1.807) is 0 Å². The second-order valence-corrected chi connectivity index (χ2v) is 2.00. The molecule has 11 heavy (non-hydrogen) atoms. The third-order valence-electron chi connectivity index (χ3n) is 1.11. The predicted molar refractivity (Wildman–Crippen MR) is 31.1 cm³/mol. The normalized spacial score (nSPS) is 13.5. The zero-order chi connectivity index (χ0) is 8.85. The van der Waals surface area contributed by atoms with E-state index < -0.39 is 31.5 Å². The van der Waals surface area contributed by atoms with Crippen LogP contribution >= 0.6 is 0 Å². The van der Waals surface area contributed by atoms with E-state index in [1.165, 1.54) is 0 Å². The SMILES string of the molecule is O=C(C(F)F)C(F)CCCF. The first-order valence-electron chi connectivity index (χ1n) is 3.11. The molecule has 0 rings (SSSR count). The van der Waals surface area contributed by atoms with Crippen LogP contribution in [0.4, 0.5) is 17.6 Å². The average molecular weight is 172 g/mol. The number of rotatable bonds is 5. The Kier molecular flexibility index (Phi) is 4.81. The molecule has 0 aliphatic heterocycles. The van der Waals surface area contributed by atoms with E-state index in [9.17, 15) is 22.4 Å². The number of alkyl halides is 4. The van der Waals surface area contributed by atoms with E-state index in [0.717, 1.165) is 0 Å². The number of halogens is 4. The Balaban J connectivity index is 3.64. The maximum Gasteiger partial charge on any atom is 0.298 e. The molecule has 0 aromatic heterocycles. The molecule has 1 unspecified atom stereocenters. The summed E-state index contributed by atoms with van der Waals surface area (Å²) in [6.45, 7) is -0.795. The molecule has 0 aromatic rings. The zero-order valence-electron chi connectivity index (χ0n) is 5.70. The fraction of sp³-hybridized carbons (Fsp3) is 0.833. The fourth-order valence-electron chi connectivity index (χ4n) is 0.535. The second-order valence-electron chi connectivity index (χ2n) is 2.00. The molecule has 0 N–H and O–H groups in total. The molecule has 0 spiro atoms. The highest BCUT2D eigenvalue weighted by Crippen LogP contribution is 2.08. The molecule has 0 radical (unpaired) electrons. The lowest BCUT2D eigenvalue weighted by molar-refractivity contribution is -0.134. The molecule has 0 heterocycles. The molecule has 0 amide bonds. The second kappa shape index (κ2) is 5.09. The monoisotopic (exact) mass is 172 g/mol. The van der Waals surface area contributed by atoms with Crippen LogP contribution in [0.25, 0.3) is 0 Å². The molecule has 0 saturated carbocycles. The molecule has 5 heteroatoms. The summed E-state index contributed by atoms with van der Waals surface area (Å²) in [7, 11) is 0. The van der Waals surface area contributed by atoms with Crippen LogP contribution in [-0.2, 0) is 4.79 Å².